The van der Waals surface area contributed by atoms with Crippen LogP contribution in [0.2, 0.25) is 0 Å². The number of nitrogens with zero attached hydrogens (tertiary/aromatic N) is 2. The first kappa shape index (κ1) is 18.0. The van der Waals surface area contributed by atoms with Gasteiger partial charge >= 0.3 is 0 Å². The Labute approximate surface area is 153 Å². The van der Waals surface area contributed by atoms with Crippen LogP contribution in [0.4, 0.5) is 5.69 Å². The summed E-state index contributed by atoms with van der Waals surface area (Å²) in [7, 11) is 0. The van der Waals surface area contributed by atoms with E-state index in [0.717, 1.165) is 30.7 Å². The molecule has 138 valence electrons. The van der Waals surface area contributed by atoms with Gasteiger partial charge in [0.2, 0.25) is 6.41 Å². The maximum absolute atomic E-state index is 10.6. The molecule has 0 saturated heterocycles. The second-order valence-corrected chi connectivity index (χ2v) is 6.28. The zero-order valence-electron chi connectivity index (χ0n) is 15.2. The van der Waals surface area contributed by atoms with Crippen molar-refractivity contribution in [3.8, 4) is 0 Å². The number of carbonyl (C=O) groups excluding carboxylic acids is 1. The normalized spacial score (nSPS) is 16.8. The highest BCUT2D eigenvalue weighted by Gasteiger charge is 2.30. The summed E-state index contributed by atoms with van der Waals surface area (Å²) in [5.74, 6) is 0.782. The average Bonchev–Trinajstić information content (AvgIpc) is 3.24. The number of hydrogen-bond donors (Lipinski definition) is 3. The number of anilines is 1. The Bertz CT molecular complexity index is 757. The smallest absolute Gasteiger partial charge is 0.207 e. The molecule has 0 bridgehead atoms. The van der Waals surface area contributed by atoms with Crippen molar-refractivity contribution in [2.24, 2.45) is 0 Å². The number of nitrogens with one attached hydrogen (secondary N) is 3. The van der Waals surface area contributed by atoms with E-state index in [1.165, 1.54) is 23.2 Å². The van der Waals surface area contributed by atoms with Crippen LogP contribution >= 0.6 is 0 Å². The molecule has 3 rings (SSSR count). The van der Waals surface area contributed by atoms with Crippen molar-refractivity contribution in [1.29, 1.82) is 0 Å². The van der Waals surface area contributed by atoms with E-state index in [1.807, 2.05) is 6.07 Å². The average molecular weight is 355 g/mol. The zero-order valence-corrected chi connectivity index (χ0v) is 15.2. The summed E-state index contributed by atoms with van der Waals surface area (Å²) in [5.41, 5.74) is 8.25. The largest absolute Gasteiger partial charge is 0.447 e. The van der Waals surface area contributed by atoms with Crippen molar-refractivity contribution in [3.63, 3.8) is 0 Å². The first-order valence-corrected chi connectivity index (χ1v) is 8.84. The van der Waals surface area contributed by atoms with Crippen LogP contribution in [0.1, 0.15) is 31.1 Å². The predicted octanol–water partition coefficient (Wildman–Crippen LogP) is 2.54. The molecule has 0 saturated carbocycles. The van der Waals surface area contributed by atoms with Crippen molar-refractivity contribution in [2.45, 2.75) is 39.4 Å². The summed E-state index contributed by atoms with van der Waals surface area (Å²) in [5, 5.41) is 8.39. The fraction of sp³-hybridized carbons (Fsp3) is 0.368. The fourth-order valence-corrected chi connectivity index (χ4v) is 3.24. The first-order chi connectivity index (χ1) is 12.7. The highest BCUT2D eigenvalue weighted by Crippen LogP contribution is 2.28. The summed E-state index contributed by atoms with van der Waals surface area (Å²) < 4.78 is 5.40. The summed E-state index contributed by atoms with van der Waals surface area (Å²) in [6, 6.07) is 8.32. The van der Waals surface area contributed by atoms with Gasteiger partial charge in [-0.25, -0.2) is 10.4 Å². The van der Waals surface area contributed by atoms with Gasteiger partial charge in [0.25, 0.3) is 0 Å². The Morgan fingerprint density at radius 2 is 2.31 bits per heavy atom. The first-order valence-electron chi connectivity index (χ1n) is 8.84. The molecule has 1 unspecified atom stereocenters. The lowest BCUT2D eigenvalue weighted by molar-refractivity contribution is -0.109. The van der Waals surface area contributed by atoms with Gasteiger partial charge in [-0.05, 0) is 36.6 Å². The van der Waals surface area contributed by atoms with Crippen molar-refractivity contribution in [1.82, 2.24) is 20.7 Å². The van der Waals surface area contributed by atoms with Gasteiger partial charge in [-0.15, -0.1) is 0 Å². The predicted molar refractivity (Wildman–Crippen MR) is 99.8 cm³/mol. The van der Waals surface area contributed by atoms with Crippen molar-refractivity contribution < 1.29 is 9.21 Å². The van der Waals surface area contributed by atoms with Crippen LogP contribution in [0.5, 0.6) is 0 Å². The molecule has 7 heteroatoms. The molecule has 1 amide bonds. The van der Waals surface area contributed by atoms with Gasteiger partial charge in [-0.2, -0.15) is 0 Å². The van der Waals surface area contributed by atoms with Crippen LogP contribution < -0.4 is 16.1 Å². The van der Waals surface area contributed by atoms with Gasteiger partial charge < -0.3 is 20.1 Å². The molecule has 0 spiro atoms. The molecule has 26 heavy (non-hydrogen) atoms. The minimum atomic E-state index is -0.00375. The number of aromatic nitrogens is 1. The number of amides is 1. The third-order valence-corrected chi connectivity index (χ3v) is 4.43. The van der Waals surface area contributed by atoms with Crippen LogP contribution in [-0.2, 0) is 11.3 Å². The lowest BCUT2D eigenvalue weighted by atomic mass is 10.1. The Morgan fingerprint density at radius 3 is 3.00 bits per heavy atom. The molecule has 0 aliphatic carbocycles. The van der Waals surface area contributed by atoms with E-state index < -0.39 is 0 Å². The number of rotatable bonds is 9. The highest BCUT2D eigenvalue weighted by molar-refractivity contribution is 5.49. The third kappa shape index (κ3) is 4.23. The summed E-state index contributed by atoms with van der Waals surface area (Å²) in [6.07, 6.45) is 5.53. The van der Waals surface area contributed by atoms with E-state index in [4.69, 9.17) is 4.42 Å². The molecule has 1 aliphatic rings. The summed E-state index contributed by atoms with van der Waals surface area (Å²) >= 11 is 0. The zero-order chi connectivity index (χ0) is 18.4. The van der Waals surface area contributed by atoms with Gasteiger partial charge in [0.1, 0.15) is 11.9 Å². The lowest BCUT2D eigenvalue weighted by Gasteiger charge is -2.23. The Kier molecular flexibility index (Phi) is 5.91. The van der Waals surface area contributed by atoms with Crippen molar-refractivity contribution in [2.75, 3.05) is 11.9 Å². The Morgan fingerprint density at radius 1 is 1.42 bits per heavy atom. The molecule has 1 aliphatic heterocycles. The van der Waals surface area contributed by atoms with Crippen LogP contribution in [0, 0.1) is 6.92 Å². The van der Waals surface area contributed by atoms with Gasteiger partial charge in [-0.3, -0.25) is 4.79 Å². The molecule has 1 aromatic carbocycles. The molecule has 0 fully saturated rings. The summed E-state index contributed by atoms with van der Waals surface area (Å²) in [4.78, 5) is 14.6. The van der Waals surface area contributed by atoms with Crippen LogP contribution in [0.25, 0.3) is 0 Å². The molecule has 2 aromatic rings. The maximum atomic E-state index is 10.6. The number of carbonyl (C=O) groups is 1. The second-order valence-electron chi connectivity index (χ2n) is 6.28. The SMILES string of the molecule is CCC1=C(CCNC=O)N(Cc2cnco2)NC1Nc1cccc(C)c1. The maximum Gasteiger partial charge on any atom is 0.207 e. The quantitative estimate of drug-likeness (QED) is 0.474. The topological polar surface area (TPSA) is 82.4 Å². The minimum absolute atomic E-state index is 0.00375. The molecule has 3 N–H and O–H groups in total. The molecule has 1 atom stereocenters. The highest BCUT2D eigenvalue weighted by atomic mass is 16.3. The summed E-state index contributed by atoms with van der Waals surface area (Å²) in [6.45, 7) is 5.39. The molecule has 0 radical (unpaired) electrons. The Hall–Kier alpha value is -2.80. The van der Waals surface area contributed by atoms with E-state index >= 15 is 0 Å². The Balaban J connectivity index is 1.80. The molecule has 2 heterocycles. The van der Waals surface area contributed by atoms with Crippen molar-refractivity contribution in [3.05, 3.63) is 59.4 Å². The van der Waals surface area contributed by atoms with Gasteiger partial charge in [-0.1, -0.05) is 19.1 Å². The van der Waals surface area contributed by atoms with Gasteiger partial charge in [0.05, 0.1) is 12.7 Å². The molecule has 7 nitrogen and oxygen atoms in total. The third-order valence-electron chi connectivity index (χ3n) is 4.43. The minimum Gasteiger partial charge on any atom is -0.447 e. The monoisotopic (exact) mass is 355 g/mol. The molecular weight excluding hydrogens is 330 g/mol. The lowest BCUT2D eigenvalue weighted by Crippen LogP contribution is -2.41. The number of oxazole rings is 1. The standard InChI is InChI=1S/C19H25N5O2/c1-3-17-18(7-8-20-12-25)24(11-16-10-21-13-26-16)23-19(17)22-15-6-4-5-14(2)9-15/h4-6,9-10,12-13,19,22-23H,3,7-8,11H2,1-2H3,(H,20,25). The van der Waals surface area contributed by atoms with Gasteiger partial charge in [0, 0.05) is 24.4 Å². The second kappa shape index (κ2) is 8.53. The van der Waals surface area contributed by atoms with Crippen LogP contribution in [-0.4, -0.2) is 29.1 Å². The van der Waals surface area contributed by atoms with E-state index in [0.29, 0.717) is 13.1 Å². The van der Waals surface area contributed by atoms with Crippen LogP contribution in [0.15, 0.2) is 52.5 Å². The van der Waals surface area contributed by atoms with Crippen molar-refractivity contribution >= 4 is 12.1 Å². The van der Waals surface area contributed by atoms with E-state index in [1.54, 1.807) is 6.20 Å². The number of hydrogen-bond acceptors (Lipinski definition) is 6. The fourth-order valence-electron chi connectivity index (χ4n) is 3.24. The van der Waals surface area contributed by atoms with E-state index in [-0.39, 0.29) is 6.17 Å². The number of benzene rings is 1. The van der Waals surface area contributed by atoms with Crippen LogP contribution in [0.3, 0.4) is 0 Å². The van der Waals surface area contributed by atoms with Gasteiger partial charge in [0.15, 0.2) is 6.39 Å². The molecule has 1 aromatic heterocycles. The number of aryl methyl sites for hydroxylation is 1. The van der Waals surface area contributed by atoms with E-state index in [9.17, 15) is 4.79 Å². The molecular formula is C19H25N5O2. The number of hydrazine groups is 1. The van der Waals surface area contributed by atoms with E-state index in [2.05, 4.69) is 58.1 Å².